The summed E-state index contributed by atoms with van der Waals surface area (Å²) in [5, 5.41) is 10.3. The number of aromatic nitrogens is 2. The summed E-state index contributed by atoms with van der Waals surface area (Å²) in [4.78, 5) is 16.4. The van der Waals surface area contributed by atoms with Crippen molar-refractivity contribution in [2.24, 2.45) is 0 Å². The Morgan fingerprint density at radius 1 is 1.36 bits per heavy atom. The lowest BCUT2D eigenvalue weighted by Gasteiger charge is -2.15. The Morgan fingerprint density at radius 2 is 2.07 bits per heavy atom. The van der Waals surface area contributed by atoms with Gasteiger partial charge in [-0.3, -0.25) is 0 Å². The van der Waals surface area contributed by atoms with Crippen molar-refractivity contribution in [2.75, 3.05) is 12.9 Å². The Kier molecular flexibility index (Phi) is 6.52. The van der Waals surface area contributed by atoms with Crippen molar-refractivity contribution >= 4 is 30.3 Å². The third-order valence-corrected chi connectivity index (χ3v) is 5.44. The van der Waals surface area contributed by atoms with Crippen molar-refractivity contribution in [1.82, 2.24) is 9.55 Å². The monoisotopic (exact) mass is 402 g/mol. The summed E-state index contributed by atoms with van der Waals surface area (Å²) < 4.78 is 13.5. The van der Waals surface area contributed by atoms with Crippen LogP contribution in [0.4, 0.5) is 0 Å². The minimum atomic E-state index is -0.939. The Bertz CT molecular complexity index is 835. The fourth-order valence-electron chi connectivity index (χ4n) is 3.28. The molecule has 6 nitrogen and oxygen atoms in total. The number of rotatable bonds is 8. The van der Waals surface area contributed by atoms with Crippen molar-refractivity contribution in [3.63, 3.8) is 0 Å². The summed E-state index contributed by atoms with van der Waals surface area (Å²) in [6.07, 6.45) is 4.65. The zero-order valence-corrected chi connectivity index (χ0v) is 17.7. The number of benzene rings is 1. The molecule has 0 saturated carbocycles. The van der Waals surface area contributed by atoms with Crippen molar-refractivity contribution in [3.05, 3.63) is 41.3 Å². The lowest BCUT2D eigenvalue weighted by Crippen LogP contribution is -2.34. The van der Waals surface area contributed by atoms with E-state index < -0.39 is 5.97 Å². The third kappa shape index (κ3) is 4.62. The Hall–Kier alpha value is -1.77. The summed E-state index contributed by atoms with van der Waals surface area (Å²) in [7, 11) is -0.352. The van der Waals surface area contributed by atoms with E-state index in [2.05, 4.69) is 11.9 Å². The lowest BCUT2D eigenvalue weighted by atomic mass is 9.79. The van der Waals surface area contributed by atoms with Crippen molar-refractivity contribution in [3.8, 4) is 0 Å². The van der Waals surface area contributed by atoms with E-state index in [1.54, 1.807) is 0 Å². The molecule has 8 heteroatoms. The van der Waals surface area contributed by atoms with E-state index in [1.807, 2.05) is 48.9 Å². The fourth-order valence-corrected chi connectivity index (χ4v) is 3.87. The molecule has 1 saturated heterocycles. The van der Waals surface area contributed by atoms with Gasteiger partial charge in [0.05, 0.1) is 12.2 Å². The second kappa shape index (κ2) is 8.72. The first kappa shape index (κ1) is 21.0. The Labute approximate surface area is 170 Å². The molecule has 28 heavy (non-hydrogen) atoms. The molecule has 0 unspecified atom stereocenters. The van der Waals surface area contributed by atoms with Crippen LogP contribution >= 0.6 is 11.8 Å². The van der Waals surface area contributed by atoms with Crippen LogP contribution in [0.25, 0.3) is 0 Å². The van der Waals surface area contributed by atoms with Crippen LogP contribution in [0.15, 0.2) is 29.3 Å². The van der Waals surface area contributed by atoms with Gasteiger partial charge in [0, 0.05) is 13.0 Å². The maximum absolute atomic E-state index is 11.9. The predicted molar refractivity (Wildman–Crippen MR) is 112 cm³/mol. The smallest absolute Gasteiger partial charge is 0.476 e. The van der Waals surface area contributed by atoms with E-state index in [0.717, 1.165) is 36.1 Å². The number of hydrogen-bond acceptors (Lipinski definition) is 5. The average Bonchev–Trinajstić information content (AvgIpc) is 3.20. The number of nitrogens with zero attached hydrogens (tertiary/aromatic N) is 2. The van der Waals surface area contributed by atoms with Crippen LogP contribution < -0.4 is 5.46 Å². The zero-order valence-electron chi connectivity index (χ0n) is 16.9. The van der Waals surface area contributed by atoms with Gasteiger partial charge in [0.25, 0.3) is 0 Å². The second-order valence-corrected chi connectivity index (χ2v) is 8.44. The number of carboxylic acid groups (broad SMARTS) is 1. The molecule has 150 valence electrons. The quantitative estimate of drug-likeness (QED) is 0.540. The fraction of sp³-hybridized carbons (Fsp3) is 0.500. The topological polar surface area (TPSA) is 73.6 Å². The first-order valence-electron chi connectivity index (χ1n) is 9.59. The van der Waals surface area contributed by atoms with E-state index in [9.17, 15) is 9.90 Å². The van der Waals surface area contributed by atoms with Gasteiger partial charge in [-0.05, 0) is 37.6 Å². The summed E-state index contributed by atoms with van der Waals surface area (Å²) >= 11 is 1.38. The van der Waals surface area contributed by atoms with Crippen LogP contribution in [0.5, 0.6) is 0 Å². The molecule has 1 aromatic heterocycles. The molecule has 0 radical (unpaired) electrons. The maximum atomic E-state index is 11.9. The van der Waals surface area contributed by atoms with Crippen molar-refractivity contribution in [1.29, 1.82) is 0 Å². The molecular formula is C20H27BN2O4S. The number of unbranched alkanes of at least 4 members (excludes halogenated alkanes) is 1. The summed E-state index contributed by atoms with van der Waals surface area (Å²) in [6.45, 7) is 7.18. The van der Waals surface area contributed by atoms with Gasteiger partial charge in [0.2, 0.25) is 0 Å². The van der Waals surface area contributed by atoms with Crippen LogP contribution in [-0.4, -0.2) is 46.2 Å². The molecule has 2 aromatic rings. The standard InChI is InChI=1S/C20H27BN2O4S/c1-5-6-7-16-22-18(28-4)17(19(24)25)23(16)12-14-8-10-15(11-9-14)21-26-13-20(2,3)27-21/h8-11H,5-7,12-13H2,1-4H3,(H,24,25). The molecule has 0 amide bonds. The van der Waals surface area contributed by atoms with Crippen LogP contribution in [0, 0.1) is 0 Å². The Morgan fingerprint density at radius 3 is 2.61 bits per heavy atom. The predicted octanol–water partition coefficient (Wildman–Crippen LogP) is 3.21. The van der Waals surface area contributed by atoms with Crippen LogP contribution in [0.3, 0.4) is 0 Å². The maximum Gasteiger partial charge on any atom is 0.494 e. The lowest BCUT2D eigenvalue weighted by molar-refractivity contribution is 0.0681. The van der Waals surface area contributed by atoms with Crippen LogP contribution in [0.2, 0.25) is 0 Å². The molecule has 0 atom stereocenters. The molecule has 1 aliphatic rings. The highest BCUT2D eigenvalue weighted by molar-refractivity contribution is 7.98. The largest absolute Gasteiger partial charge is 0.494 e. The van der Waals surface area contributed by atoms with E-state index in [1.165, 1.54) is 11.8 Å². The third-order valence-electron chi connectivity index (χ3n) is 4.77. The molecule has 1 fully saturated rings. The van der Waals surface area contributed by atoms with E-state index in [-0.39, 0.29) is 18.4 Å². The number of aromatic carboxylic acids is 1. The highest BCUT2D eigenvalue weighted by Crippen LogP contribution is 2.24. The highest BCUT2D eigenvalue weighted by atomic mass is 32.2. The van der Waals surface area contributed by atoms with Crippen LogP contribution in [0.1, 0.15) is 55.5 Å². The number of carbonyl (C=O) groups is 1. The van der Waals surface area contributed by atoms with Gasteiger partial charge in [-0.15, -0.1) is 11.8 Å². The van der Waals surface area contributed by atoms with E-state index in [0.29, 0.717) is 18.2 Å². The van der Waals surface area contributed by atoms with Gasteiger partial charge in [-0.2, -0.15) is 0 Å². The zero-order chi connectivity index (χ0) is 20.3. The molecule has 3 rings (SSSR count). The summed E-state index contributed by atoms with van der Waals surface area (Å²) in [6, 6.07) is 7.97. The van der Waals surface area contributed by atoms with Crippen LogP contribution in [-0.2, 0) is 22.3 Å². The van der Waals surface area contributed by atoms with Gasteiger partial charge < -0.3 is 19.0 Å². The molecule has 1 aliphatic heterocycles. The molecule has 1 N–H and O–H groups in total. The van der Waals surface area contributed by atoms with Gasteiger partial charge in [0.1, 0.15) is 10.9 Å². The molecule has 2 heterocycles. The second-order valence-electron chi connectivity index (χ2n) is 7.64. The highest BCUT2D eigenvalue weighted by Gasteiger charge is 2.38. The summed E-state index contributed by atoms with van der Waals surface area (Å²) in [5.41, 5.74) is 1.98. The van der Waals surface area contributed by atoms with Gasteiger partial charge in [-0.1, -0.05) is 37.6 Å². The van der Waals surface area contributed by atoms with Crippen molar-refractivity contribution < 1.29 is 19.2 Å². The summed E-state index contributed by atoms with van der Waals surface area (Å²) in [5.74, 6) is -0.108. The molecule has 0 aliphatic carbocycles. The van der Waals surface area contributed by atoms with Crippen molar-refractivity contribution in [2.45, 2.75) is 57.2 Å². The number of thioether (sulfide) groups is 1. The number of imidazole rings is 1. The van der Waals surface area contributed by atoms with Gasteiger partial charge in [-0.25, -0.2) is 9.78 Å². The average molecular weight is 402 g/mol. The molecule has 0 spiro atoms. The molecular weight excluding hydrogens is 375 g/mol. The number of carboxylic acids is 1. The van der Waals surface area contributed by atoms with Gasteiger partial charge in [0.15, 0.2) is 5.69 Å². The number of hydrogen-bond donors (Lipinski definition) is 1. The first-order chi connectivity index (χ1) is 13.3. The Balaban J connectivity index is 1.84. The van der Waals surface area contributed by atoms with E-state index >= 15 is 0 Å². The first-order valence-corrected chi connectivity index (χ1v) is 10.8. The minimum absolute atomic E-state index is 0.270. The van der Waals surface area contributed by atoms with Gasteiger partial charge >= 0.3 is 13.1 Å². The molecule has 1 aromatic carbocycles. The SMILES string of the molecule is CCCCc1nc(SC)c(C(=O)O)n1Cc1ccc(B2OCC(C)(C)O2)cc1. The van der Waals surface area contributed by atoms with E-state index in [4.69, 9.17) is 9.31 Å². The minimum Gasteiger partial charge on any atom is -0.476 e. The molecule has 0 bridgehead atoms. The normalized spacial score (nSPS) is 15.9. The number of aryl methyl sites for hydroxylation is 1.